The number of furan rings is 1. The van der Waals surface area contributed by atoms with E-state index in [0.717, 1.165) is 16.8 Å². The Morgan fingerprint density at radius 3 is 2.48 bits per heavy atom. The van der Waals surface area contributed by atoms with Crippen LogP contribution in [0.25, 0.3) is 11.3 Å². The first-order valence-electron chi connectivity index (χ1n) is 7.20. The Morgan fingerprint density at radius 2 is 1.83 bits per heavy atom. The molecular formula is C19H15NO3. The molecular weight excluding hydrogens is 290 g/mol. The van der Waals surface area contributed by atoms with Gasteiger partial charge in [-0.1, -0.05) is 18.2 Å². The minimum absolute atomic E-state index is 0.150. The molecule has 3 rings (SSSR count). The maximum atomic E-state index is 12.2. The molecule has 0 radical (unpaired) electrons. The van der Waals surface area contributed by atoms with E-state index in [1.807, 2.05) is 43.3 Å². The van der Waals surface area contributed by atoms with Gasteiger partial charge >= 0.3 is 0 Å². The van der Waals surface area contributed by atoms with E-state index in [0.29, 0.717) is 23.4 Å². The van der Waals surface area contributed by atoms with Crippen molar-refractivity contribution in [1.29, 1.82) is 0 Å². The van der Waals surface area contributed by atoms with Crippen LogP contribution >= 0.6 is 0 Å². The summed E-state index contributed by atoms with van der Waals surface area (Å²) in [6.07, 6.45) is 0.671. The number of rotatable bonds is 4. The molecule has 0 fully saturated rings. The van der Waals surface area contributed by atoms with Gasteiger partial charge in [-0.3, -0.25) is 9.59 Å². The van der Waals surface area contributed by atoms with Crippen LogP contribution in [0.1, 0.15) is 26.5 Å². The van der Waals surface area contributed by atoms with Crippen molar-refractivity contribution in [3.8, 4) is 11.3 Å². The lowest BCUT2D eigenvalue weighted by atomic mass is 10.1. The lowest BCUT2D eigenvalue weighted by molar-refractivity contribution is 0.102. The number of aryl methyl sites for hydroxylation is 1. The average Bonchev–Trinajstić information content (AvgIpc) is 3.06. The highest BCUT2D eigenvalue weighted by molar-refractivity contribution is 6.04. The van der Waals surface area contributed by atoms with Gasteiger partial charge in [-0.05, 0) is 55.0 Å². The maximum Gasteiger partial charge on any atom is 0.255 e. The van der Waals surface area contributed by atoms with Crippen LogP contribution in [0, 0.1) is 6.92 Å². The molecule has 1 N–H and O–H groups in total. The quantitative estimate of drug-likeness (QED) is 0.730. The number of benzene rings is 2. The number of nitrogens with one attached hydrogen (secondary N) is 1. The standard InChI is InChI=1S/C19H15NO3/c1-13-11-15(18-10-8-16(12-21)23-18)7-9-17(13)20-19(22)14-5-3-2-4-6-14/h2-12H,1H3,(H,20,22). The molecule has 4 nitrogen and oxygen atoms in total. The van der Waals surface area contributed by atoms with Gasteiger partial charge < -0.3 is 9.73 Å². The Kier molecular flexibility index (Phi) is 4.06. The Labute approximate surface area is 133 Å². The topological polar surface area (TPSA) is 59.3 Å². The van der Waals surface area contributed by atoms with E-state index < -0.39 is 0 Å². The number of carbonyl (C=O) groups is 2. The maximum absolute atomic E-state index is 12.2. The summed E-state index contributed by atoms with van der Waals surface area (Å²) >= 11 is 0. The van der Waals surface area contributed by atoms with Crippen molar-refractivity contribution < 1.29 is 14.0 Å². The zero-order chi connectivity index (χ0) is 16.2. The van der Waals surface area contributed by atoms with Gasteiger partial charge in [0.1, 0.15) is 5.76 Å². The lowest BCUT2D eigenvalue weighted by Gasteiger charge is -2.09. The second-order valence-electron chi connectivity index (χ2n) is 5.17. The molecule has 0 aliphatic carbocycles. The van der Waals surface area contributed by atoms with Gasteiger partial charge in [0.15, 0.2) is 12.0 Å². The van der Waals surface area contributed by atoms with Crippen LogP contribution in [-0.2, 0) is 0 Å². The molecule has 0 saturated heterocycles. The van der Waals surface area contributed by atoms with Crippen molar-refractivity contribution in [2.24, 2.45) is 0 Å². The molecule has 23 heavy (non-hydrogen) atoms. The summed E-state index contributed by atoms with van der Waals surface area (Å²) in [6, 6.07) is 18.0. The number of hydrogen-bond donors (Lipinski definition) is 1. The fourth-order valence-corrected chi connectivity index (χ4v) is 2.31. The van der Waals surface area contributed by atoms with Gasteiger partial charge in [0.25, 0.3) is 5.91 Å². The van der Waals surface area contributed by atoms with E-state index in [-0.39, 0.29) is 5.91 Å². The number of amides is 1. The molecule has 0 aliphatic rings. The summed E-state index contributed by atoms with van der Waals surface area (Å²) in [6.45, 7) is 1.91. The first-order valence-corrected chi connectivity index (χ1v) is 7.20. The second-order valence-corrected chi connectivity index (χ2v) is 5.17. The fraction of sp³-hybridized carbons (Fsp3) is 0.0526. The molecule has 1 amide bonds. The zero-order valence-electron chi connectivity index (χ0n) is 12.6. The van der Waals surface area contributed by atoms with Crippen LogP contribution in [0.3, 0.4) is 0 Å². The molecule has 4 heteroatoms. The van der Waals surface area contributed by atoms with Crippen molar-refractivity contribution >= 4 is 17.9 Å². The molecule has 0 spiro atoms. The first-order chi connectivity index (χ1) is 11.2. The van der Waals surface area contributed by atoms with Gasteiger partial charge in [-0.2, -0.15) is 0 Å². The molecule has 0 bridgehead atoms. The van der Waals surface area contributed by atoms with Crippen molar-refractivity contribution in [1.82, 2.24) is 0 Å². The molecule has 1 heterocycles. The Balaban J connectivity index is 1.82. The predicted molar refractivity (Wildman–Crippen MR) is 88.7 cm³/mol. The van der Waals surface area contributed by atoms with Crippen molar-refractivity contribution in [2.75, 3.05) is 5.32 Å². The van der Waals surface area contributed by atoms with Crippen molar-refractivity contribution in [2.45, 2.75) is 6.92 Å². The lowest BCUT2D eigenvalue weighted by Crippen LogP contribution is -2.12. The summed E-state index contributed by atoms with van der Waals surface area (Å²) in [5, 5.41) is 2.90. The Bertz CT molecular complexity index is 850. The van der Waals surface area contributed by atoms with Crippen LogP contribution in [0.5, 0.6) is 0 Å². The minimum atomic E-state index is -0.150. The predicted octanol–water partition coefficient (Wildman–Crippen LogP) is 4.32. The third-order valence-electron chi connectivity index (χ3n) is 3.54. The van der Waals surface area contributed by atoms with Crippen LogP contribution < -0.4 is 5.32 Å². The summed E-state index contributed by atoms with van der Waals surface area (Å²) in [5.41, 5.74) is 3.12. The average molecular weight is 305 g/mol. The van der Waals surface area contributed by atoms with Crippen LogP contribution in [0.2, 0.25) is 0 Å². The number of aldehydes is 1. The summed E-state index contributed by atoms with van der Waals surface area (Å²) in [5.74, 6) is 0.762. The SMILES string of the molecule is Cc1cc(-c2ccc(C=O)o2)ccc1NC(=O)c1ccccc1. The molecule has 0 saturated carbocycles. The van der Waals surface area contributed by atoms with E-state index in [1.165, 1.54) is 0 Å². The van der Waals surface area contributed by atoms with Gasteiger partial charge in [0.2, 0.25) is 0 Å². The smallest absolute Gasteiger partial charge is 0.255 e. The summed E-state index contributed by atoms with van der Waals surface area (Å²) < 4.78 is 5.41. The molecule has 114 valence electrons. The largest absolute Gasteiger partial charge is 0.453 e. The molecule has 1 aromatic heterocycles. The normalized spacial score (nSPS) is 10.3. The van der Waals surface area contributed by atoms with Gasteiger partial charge in [-0.25, -0.2) is 0 Å². The number of hydrogen-bond acceptors (Lipinski definition) is 3. The second kappa shape index (κ2) is 6.32. The first kappa shape index (κ1) is 14.8. The van der Waals surface area contributed by atoms with E-state index in [4.69, 9.17) is 4.42 Å². The molecule has 2 aromatic carbocycles. The third-order valence-corrected chi connectivity index (χ3v) is 3.54. The van der Waals surface area contributed by atoms with Gasteiger partial charge in [0.05, 0.1) is 0 Å². The van der Waals surface area contributed by atoms with Crippen molar-refractivity contribution in [3.63, 3.8) is 0 Å². The highest BCUT2D eigenvalue weighted by Gasteiger charge is 2.10. The monoisotopic (exact) mass is 305 g/mol. The fourth-order valence-electron chi connectivity index (χ4n) is 2.31. The third kappa shape index (κ3) is 3.21. The van der Waals surface area contributed by atoms with E-state index >= 15 is 0 Å². The Morgan fingerprint density at radius 1 is 1.04 bits per heavy atom. The molecule has 0 unspecified atom stereocenters. The summed E-state index contributed by atoms with van der Waals surface area (Å²) in [4.78, 5) is 22.9. The van der Waals surface area contributed by atoms with Crippen LogP contribution in [0.4, 0.5) is 5.69 Å². The Hall–Kier alpha value is -3.14. The van der Waals surface area contributed by atoms with E-state index in [2.05, 4.69) is 5.32 Å². The van der Waals surface area contributed by atoms with E-state index in [1.54, 1.807) is 24.3 Å². The number of carbonyl (C=O) groups excluding carboxylic acids is 2. The molecule has 3 aromatic rings. The highest BCUT2D eigenvalue weighted by Crippen LogP contribution is 2.26. The van der Waals surface area contributed by atoms with Crippen LogP contribution in [0.15, 0.2) is 65.1 Å². The van der Waals surface area contributed by atoms with Gasteiger partial charge in [0, 0.05) is 16.8 Å². The molecule has 0 atom stereocenters. The number of anilines is 1. The van der Waals surface area contributed by atoms with E-state index in [9.17, 15) is 9.59 Å². The van der Waals surface area contributed by atoms with Crippen LogP contribution in [-0.4, -0.2) is 12.2 Å². The van der Waals surface area contributed by atoms with Gasteiger partial charge in [-0.15, -0.1) is 0 Å². The highest BCUT2D eigenvalue weighted by atomic mass is 16.3. The zero-order valence-corrected chi connectivity index (χ0v) is 12.6. The summed E-state index contributed by atoms with van der Waals surface area (Å²) in [7, 11) is 0. The minimum Gasteiger partial charge on any atom is -0.453 e. The van der Waals surface area contributed by atoms with Crippen molar-refractivity contribution in [3.05, 3.63) is 77.6 Å². The molecule has 0 aliphatic heterocycles.